The van der Waals surface area contributed by atoms with Crippen LogP contribution in [0.2, 0.25) is 0 Å². The molecule has 136 valence electrons. The number of aromatic nitrogens is 1. The minimum Gasteiger partial charge on any atom is -0.478 e. The van der Waals surface area contributed by atoms with Crippen LogP contribution in [0.25, 0.3) is 16.8 Å². The van der Waals surface area contributed by atoms with E-state index >= 15 is 0 Å². The number of sulfonamides is 1. The topological polar surface area (TPSA) is 87.6 Å². The number of fused-ring (bicyclic) bond motifs is 2. The number of aliphatic carboxylic acids is 1. The van der Waals surface area contributed by atoms with Gasteiger partial charge in [0.15, 0.2) is 0 Å². The van der Waals surface area contributed by atoms with Gasteiger partial charge in [0, 0.05) is 24.2 Å². The summed E-state index contributed by atoms with van der Waals surface area (Å²) in [5, 5.41) is 10.3. The van der Waals surface area contributed by atoms with Crippen molar-refractivity contribution in [1.82, 2.24) is 4.98 Å². The van der Waals surface area contributed by atoms with E-state index < -0.39 is 16.0 Å². The molecule has 1 N–H and O–H groups in total. The largest absolute Gasteiger partial charge is 0.478 e. The molecule has 1 aliphatic heterocycles. The molecule has 7 heteroatoms. The van der Waals surface area contributed by atoms with Crippen LogP contribution in [0.15, 0.2) is 65.7 Å². The second-order valence-corrected chi connectivity index (χ2v) is 8.06. The van der Waals surface area contributed by atoms with Crippen molar-refractivity contribution in [3.8, 4) is 0 Å². The van der Waals surface area contributed by atoms with Crippen molar-refractivity contribution in [2.45, 2.75) is 11.3 Å². The standard InChI is InChI=1S/C20H16N2O4S/c23-19(24)9-8-14-12-16-10-11-22(20(16)21-13-14)27(25,26)18-7-3-5-15-4-1-2-6-17(15)18/h1-9,12-13H,10-11H2,(H,23,24)/b9-8+. The minimum atomic E-state index is -3.76. The normalized spacial score (nSPS) is 14.0. The second kappa shape index (κ2) is 6.51. The van der Waals surface area contributed by atoms with E-state index in [2.05, 4.69) is 4.98 Å². The van der Waals surface area contributed by atoms with Crippen LogP contribution < -0.4 is 4.31 Å². The average molecular weight is 380 g/mol. The Hall–Kier alpha value is -3.19. The van der Waals surface area contributed by atoms with Crippen LogP contribution >= 0.6 is 0 Å². The van der Waals surface area contributed by atoms with Crippen molar-refractivity contribution >= 4 is 38.7 Å². The van der Waals surface area contributed by atoms with Crippen molar-refractivity contribution in [3.63, 3.8) is 0 Å². The molecule has 0 spiro atoms. The van der Waals surface area contributed by atoms with Crippen LogP contribution in [0.4, 0.5) is 5.82 Å². The highest BCUT2D eigenvalue weighted by atomic mass is 32.2. The monoisotopic (exact) mass is 380 g/mol. The molecule has 0 atom stereocenters. The molecule has 2 aromatic carbocycles. The molecule has 0 aliphatic carbocycles. The Morgan fingerprint density at radius 1 is 1.15 bits per heavy atom. The number of carboxylic acid groups (broad SMARTS) is 1. The third kappa shape index (κ3) is 3.06. The third-order valence-electron chi connectivity index (χ3n) is 4.52. The molecular formula is C20H16N2O4S. The summed E-state index contributed by atoms with van der Waals surface area (Å²) in [6.07, 6.45) is 4.48. The molecular weight excluding hydrogens is 364 g/mol. The van der Waals surface area contributed by atoms with Gasteiger partial charge >= 0.3 is 5.97 Å². The molecule has 0 saturated carbocycles. The van der Waals surface area contributed by atoms with Gasteiger partial charge < -0.3 is 5.11 Å². The third-order valence-corrected chi connectivity index (χ3v) is 6.37. The van der Waals surface area contributed by atoms with Gasteiger partial charge in [-0.2, -0.15) is 0 Å². The van der Waals surface area contributed by atoms with Crippen LogP contribution in [0, 0.1) is 0 Å². The first-order chi connectivity index (χ1) is 13.0. The zero-order valence-corrected chi connectivity index (χ0v) is 15.1. The van der Waals surface area contributed by atoms with Crippen molar-refractivity contribution in [2.75, 3.05) is 10.8 Å². The lowest BCUT2D eigenvalue weighted by atomic mass is 10.1. The predicted octanol–water partition coefficient (Wildman–Crippen LogP) is 3.08. The van der Waals surface area contributed by atoms with E-state index in [9.17, 15) is 13.2 Å². The summed E-state index contributed by atoms with van der Waals surface area (Å²) in [6.45, 7) is 0.306. The first-order valence-electron chi connectivity index (χ1n) is 8.37. The van der Waals surface area contributed by atoms with Crippen molar-refractivity contribution in [2.24, 2.45) is 0 Å². The van der Waals surface area contributed by atoms with Crippen molar-refractivity contribution < 1.29 is 18.3 Å². The number of benzene rings is 2. The molecule has 0 bridgehead atoms. The SMILES string of the molecule is O=C(O)/C=C/c1cnc2c(c1)CCN2S(=O)(=O)c1cccc2ccccc12. The van der Waals surface area contributed by atoms with Gasteiger partial charge in [0.2, 0.25) is 0 Å². The predicted molar refractivity (Wildman–Crippen MR) is 103 cm³/mol. The van der Waals surface area contributed by atoms with E-state index in [1.54, 1.807) is 24.3 Å². The number of carbonyl (C=O) groups is 1. The molecule has 3 aromatic rings. The Kier molecular flexibility index (Phi) is 4.16. The highest BCUT2D eigenvalue weighted by Gasteiger charge is 2.33. The quantitative estimate of drug-likeness (QED) is 0.703. The fraction of sp³-hybridized carbons (Fsp3) is 0.100. The summed E-state index contributed by atoms with van der Waals surface area (Å²) in [5.41, 5.74) is 1.41. The molecule has 2 heterocycles. The van der Waals surface area contributed by atoms with Crippen LogP contribution in [0.1, 0.15) is 11.1 Å². The number of carboxylic acids is 1. The van der Waals surface area contributed by atoms with E-state index in [1.165, 1.54) is 16.6 Å². The van der Waals surface area contributed by atoms with E-state index in [-0.39, 0.29) is 4.90 Å². The summed E-state index contributed by atoms with van der Waals surface area (Å²) in [6, 6.07) is 14.4. The zero-order chi connectivity index (χ0) is 19.0. The van der Waals surface area contributed by atoms with Gasteiger partial charge in [-0.25, -0.2) is 22.5 Å². The molecule has 0 amide bonds. The molecule has 0 radical (unpaired) electrons. The highest BCUT2D eigenvalue weighted by Crippen LogP contribution is 2.34. The van der Waals surface area contributed by atoms with Crippen LogP contribution in [0.3, 0.4) is 0 Å². The highest BCUT2D eigenvalue weighted by molar-refractivity contribution is 7.93. The Balaban J connectivity index is 1.76. The average Bonchev–Trinajstić information content (AvgIpc) is 3.10. The lowest BCUT2D eigenvalue weighted by Crippen LogP contribution is -2.29. The Morgan fingerprint density at radius 2 is 1.93 bits per heavy atom. The van der Waals surface area contributed by atoms with E-state index in [0.29, 0.717) is 29.7 Å². The number of pyridine rings is 1. The van der Waals surface area contributed by atoms with Gasteiger partial charge in [0.25, 0.3) is 10.0 Å². The van der Waals surface area contributed by atoms with Crippen molar-refractivity contribution in [1.29, 1.82) is 0 Å². The summed E-state index contributed by atoms with van der Waals surface area (Å²) in [5.74, 6) is -0.647. The Morgan fingerprint density at radius 3 is 2.74 bits per heavy atom. The van der Waals surface area contributed by atoms with Crippen LogP contribution in [0.5, 0.6) is 0 Å². The van der Waals surface area contributed by atoms with Gasteiger partial charge in [0.05, 0.1) is 4.90 Å². The Bertz CT molecular complexity index is 1180. The number of hydrogen-bond acceptors (Lipinski definition) is 4. The van der Waals surface area contributed by atoms with Gasteiger partial charge in [-0.3, -0.25) is 0 Å². The summed E-state index contributed by atoms with van der Waals surface area (Å²) in [4.78, 5) is 15.2. The number of hydrogen-bond donors (Lipinski definition) is 1. The number of anilines is 1. The fourth-order valence-corrected chi connectivity index (χ4v) is 4.97. The molecule has 4 rings (SSSR count). The maximum absolute atomic E-state index is 13.3. The van der Waals surface area contributed by atoms with Gasteiger partial charge in [-0.1, -0.05) is 36.4 Å². The van der Waals surface area contributed by atoms with E-state index in [0.717, 1.165) is 17.0 Å². The second-order valence-electron chi connectivity index (χ2n) is 6.23. The van der Waals surface area contributed by atoms with Gasteiger partial charge in [-0.15, -0.1) is 0 Å². The smallest absolute Gasteiger partial charge is 0.328 e. The van der Waals surface area contributed by atoms with Crippen molar-refractivity contribution in [3.05, 3.63) is 71.9 Å². The van der Waals surface area contributed by atoms with E-state index in [1.807, 2.05) is 24.3 Å². The zero-order valence-electron chi connectivity index (χ0n) is 14.2. The molecule has 27 heavy (non-hydrogen) atoms. The minimum absolute atomic E-state index is 0.255. The van der Waals surface area contributed by atoms with Crippen LogP contribution in [-0.2, 0) is 21.2 Å². The maximum atomic E-state index is 13.3. The molecule has 6 nitrogen and oxygen atoms in total. The molecule has 1 aromatic heterocycles. The fourth-order valence-electron chi connectivity index (χ4n) is 3.29. The lowest BCUT2D eigenvalue weighted by molar-refractivity contribution is -0.131. The van der Waals surface area contributed by atoms with Crippen LogP contribution in [-0.4, -0.2) is 31.0 Å². The summed E-state index contributed by atoms with van der Waals surface area (Å²) < 4.78 is 27.9. The molecule has 1 aliphatic rings. The van der Waals surface area contributed by atoms with E-state index in [4.69, 9.17) is 5.11 Å². The molecule has 0 saturated heterocycles. The summed E-state index contributed by atoms with van der Waals surface area (Å²) >= 11 is 0. The first-order valence-corrected chi connectivity index (χ1v) is 9.81. The lowest BCUT2D eigenvalue weighted by Gasteiger charge is -2.19. The number of nitrogens with zero attached hydrogens (tertiary/aromatic N) is 2. The number of rotatable bonds is 4. The molecule has 0 fully saturated rings. The Labute approximate surface area is 156 Å². The molecule has 0 unspecified atom stereocenters. The van der Waals surface area contributed by atoms with Gasteiger partial charge in [0.1, 0.15) is 5.82 Å². The maximum Gasteiger partial charge on any atom is 0.328 e. The van der Waals surface area contributed by atoms with Gasteiger partial charge in [-0.05, 0) is 41.1 Å². The summed E-state index contributed by atoms with van der Waals surface area (Å²) in [7, 11) is -3.76. The first kappa shape index (κ1) is 17.2.